The van der Waals surface area contributed by atoms with Crippen LogP contribution in [0.5, 0.6) is 0 Å². The van der Waals surface area contributed by atoms with E-state index in [0.717, 1.165) is 36.4 Å². The fraction of sp³-hybridized carbons (Fsp3) is 0.588. The minimum Gasteiger partial charge on any atom is -0.378 e. The molecule has 3 rings (SSSR count). The maximum atomic E-state index is 5.98. The SMILES string of the molecule is CCC(CC)C1CC(Nc2nc3ccccc3[nH]2)CCO1. The summed E-state index contributed by atoms with van der Waals surface area (Å²) in [4.78, 5) is 7.96. The molecule has 0 saturated carbocycles. The van der Waals surface area contributed by atoms with Crippen LogP contribution in [0.15, 0.2) is 24.3 Å². The lowest BCUT2D eigenvalue weighted by atomic mass is 9.89. The molecule has 0 bridgehead atoms. The molecule has 0 amide bonds. The Balaban J connectivity index is 1.66. The summed E-state index contributed by atoms with van der Waals surface area (Å²) in [5.74, 6) is 1.55. The summed E-state index contributed by atoms with van der Waals surface area (Å²) in [6.07, 6.45) is 4.89. The van der Waals surface area contributed by atoms with Gasteiger partial charge in [0, 0.05) is 12.6 Å². The minimum absolute atomic E-state index is 0.385. The molecule has 1 aromatic carbocycles. The van der Waals surface area contributed by atoms with Gasteiger partial charge in [-0.1, -0.05) is 38.8 Å². The van der Waals surface area contributed by atoms with E-state index in [9.17, 15) is 0 Å². The van der Waals surface area contributed by atoms with Crippen LogP contribution in [0, 0.1) is 5.92 Å². The summed E-state index contributed by atoms with van der Waals surface area (Å²) in [5, 5.41) is 3.56. The number of hydrogen-bond acceptors (Lipinski definition) is 3. The standard InChI is InChI=1S/C17H25N3O/c1-3-12(4-2)16-11-13(9-10-21-16)18-17-19-14-7-5-6-8-15(14)20-17/h5-8,12-13,16H,3-4,9-11H2,1-2H3,(H2,18,19,20). The van der Waals surface area contributed by atoms with Gasteiger partial charge in [-0.3, -0.25) is 0 Å². The number of nitrogens with one attached hydrogen (secondary N) is 2. The Hall–Kier alpha value is -1.55. The molecule has 4 nitrogen and oxygen atoms in total. The molecular formula is C17H25N3O. The van der Waals surface area contributed by atoms with Crippen molar-refractivity contribution in [2.45, 2.75) is 51.7 Å². The quantitative estimate of drug-likeness (QED) is 0.875. The van der Waals surface area contributed by atoms with Crippen molar-refractivity contribution in [1.29, 1.82) is 0 Å². The van der Waals surface area contributed by atoms with Gasteiger partial charge < -0.3 is 15.0 Å². The van der Waals surface area contributed by atoms with Crippen molar-refractivity contribution in [2.24, 2.45) is 5.92 Å². The first-order valence-electron chi connectivity index (χ1n) is 8.13. The Morgan fingerprint density at radius 3 is 2.90 bits per heavy atom. The van der Waals surface area contributed by atoms with Crippen molar-refractivity contribution in [3.05, 3.63) is 24.3 Å². The van der Waals surface area contributed by atoms with Crippen molar-refractivity contribution in [3.63, 3.8) is 0 Å². The molecule has 21 heavy (non-hydrogen) atoms. The van der Waals surface area contributed by atoms with Gasteiger partial charge in [0.25, 0.3) is 0 Å². The number of fused-ring (bicyclic) bond motifs is 1. The van der Waals surface area contributed by atoms with Crippen LogP contribution in [-0.2, 0) is 4.74 Å². The van der Waals surface area contributed by atoms with Crippen LogP contribution in [0.4, 0.5) is 5.95 Å². The van der Waals surface area contributed by atoms with Gasteiger partial charge in [0.2, 0.25) is 5.95 Å². The molecule has 1 aliphatic rings. The smallest absolute Gasteiger partial charge is 0.201 e. The van der Waals surface area contributed by atoms with Gasteiger partial charge in [0.1, 0.15) is 0 Å². The summed E-state index contributed by atoms with van der Waals surface area (Å²) in [7, 11) is 0. The first kappa shape index (κ1) is 14.4. The van der Waals surface area contributed by atoms with Crippen molar-refractivity contribution >= 4 is 17.0 Å². The number of imidazole rings is 1. The van der Waals surface area contributed by atoms with Crippen LogP contribution in [0.3, 0.4) is 0 Å². The van der Waals surface area contributed by atoms with Crippen LogP contribution >= 0.6 is 0 Å². The fourth-order valence-corrected chi connectivity index (χ4v) is 3.32. The first-order valence-corrected chi connectivity index (χ1v) is 8.13. The molecule has 0 spiro atoms. The predicted octanol–water partition coefficient (Wildman–Crippen LogP) is 3.96. The largest absolute Gasteiger partial charge is 0.378 e. The van der Waals surface area contributed by atoms with Gasteiger partial charge in [0.05, 0.1) is 17.1 Å². The topological polar surface area (TPSA) is 49.9 Å². The predicted molar refractivity (Wildman–Crippen MR) is 86.6 cm³/mol. The van der Waals surface area contributed by atoms with Crippen molar-refractivity contribution in [2.75, 3.05) is 11.9 Å². The van der Waals surface area contributed by atoms with E-state index in [2.05, 4.69) is 35.2 Å². The lowest BCUT2D eigenvalue weighted by Gasteiger charge is -2.34. The molecule has 114 valence electrons. The third-order valence-electron chi connectivity index (χ3n) is 4.62. The number of para-hydroxylation sites is 2. The van der Waals surface area contributed by atoms with E-state index < -0.39 is 0 Å². The highest BCUT2D eigenvalue weighted by Gasteiger charge is 2.27. The molecule has 1 aliphatic heterocycles. The zero-order valence-corrected chi connectivity index (χ0v) is 12.9. The number of aromatic amines is 1. The highest BCUT2D eigenvalue weighted by atomic mass is 16.5. The summed E-state index contributed by atoms with van der Waals surface area (Å²) in [6, 6.07) is 8.59. The Morgan fingerprint density at radius 2 is 2.14 bits per heavy atom. The lowest BCUT2D eigenvalue weighted by Crippen LogP contribution is -2.38. The second kappa shape index (κ2) is 6.48. The molecule has 1 fully saturated rings. The van der Waals surface area contributed by atoms with Crippen LogP contribution < -0.4 is 5.32 Å². The lowest BCUT2D eigenvalue weighted by molar-refractivity contribution is -0.0271. The van der Waals surface area contributed by atoms with E-state index in [-0.39, 0.29) is 0 Å². The average Bonchev–Trinajstić information content (AvgIpc) is 2.91. The first-order chi connectivity index (χ1) is 10.3. The van der Waals surface area contributed by atoms with Crippen molar-refractivity contribution < 1.29 is 4.74 Å². The van der Waals surface area contributed by atoms with E-state index in [1.807, 2.05) is 18.2 Å². The van der Waals surface area contributed by atoms with Gasteiger partial charge in [-0.15, -0.1) is 0 Å². The molecule has 2 N–H and O–H groups in total. The van der Waals surface area contributed by atoms with Crippen LogP contribution in [0.25, 0.3) is 11.0 Å². The molecule has 2 aromatic rings. The number of ether oxygens (including phenoxy) is 1. The molecule has 1 saturated heterocycles. The fourth-order valence-electron chi connectivity index (χ4n) is 3.32. The molecule has 2 heterocycles. The average molecular weight is 287 g/mol. The molecule has 0 aliphatic carbocycles. The third kappa shape index (κ3) is 3.21. The third-order valence-corrected chi connectivity index (χ3v) is 4.62. The van der Waals surface area contributed by atoms with Gasteiger partial charge in [-0.2, -0.15) is 0 Å². The number of nitrogens with zero attached hydrogens (tertiary/aromatic N) is 1. The van der Waals surface area contributed by atoms with Gasteiger partial charge in [-0.25, -0.2) is 4.98 Å². The second-order valence-corrected chi connectivity index (χ2v) is 5.95. The molecule has 2 atom stereocenters. The van der Waals surface area contributed by atoms with E-state index >= 15 is 0 Å². The number of H-pyrrole nitrogens is 1. The minimum atomic E-state index is 0.385. The molecule has 4 heteroatoms. The summed E-state index contributed by atoms with van der Waals surface area (Å²) < 4.78 is 5.98. The van der Waals surface area contributed by atoms with Crippen LogP contribution in [-0.4, -0.2) is 28.7 Å². The van der Waals surface area contributed by atoms with E-state index in [4.69, 9.17) is 4.74 Å². The highest BCUT2D eigenvalue weighted by molar-refractivity contribution is 5.77. The number of anilines is 1. The van der Waals surface area contributed by atoms with E-state index in [1.165, 1.54) is 12.8 Å². The molecule has 1 aromatic heterocycles. The van der Waals surface area contributed by atoms with Crippen molar-refractivity contribution in [1.82, 2.24) is 9.97 Å². The Kier molecular flexibility index (Phi) is 4.44. The van der Waals surface area contributed by atoms with Gasteiger partial charge in [-0.05, 0) is 30.9 Å². The van der Waals surface area contributed by atoms with Crippen LogP contribution in [0.2, 0.25) is 0 Å². The number of hydrogen-bond donors (Lipinski definition) is 2. The monoisotopic (exact) mass is 287 g/mol. The van der Waals surface area contributed by atoms with Gasteiger partial charge >= 0.3 is 0 Å². The Bertz CT molecular complexity index is 543. The highest BCUT2D eigenvalue weighted by Crippen LogP contribution is 2.27. The number of aromatic nitrogens is 2. The Morgan fingerprint density at radius 1 is 1.33 bits per heavy atom. The zero-order valence-electron chi connectivity index (χ0n) is 12.9. The zero-order chi connectivity index (χ0) is 14.7. The maximum Gasteiger partial charge on any atom is 0.201 e. The van der Waals surface area contributed by atoms with Crippen LogP contribution in [0.1, 0.15) is 39.5 Å². The number of benzene rings is 1. The molecule has 0 radical (unpaired) electrons. The summed E-state index contributed by atoms with van der Waals surface area (Å²) in [5.41, 5.74) is 2.10. The molecule has 2 unspecified atom stereocenters. The van der Waals surface area contributed by atoms with Gasteiger partial charge in [0.15, 0.2) is 0 Å². The summed E-state index contributed by atoms with van der Waals surface area (Å²) >= 11 is 0. The summed E-state index contributed by atoms with van der Waals surface area (Å²) in [6.45, 7) is 5.36. The molecular weight excluding hydrogens is 262 g/mol. The van der Waals surface area contributed by atoms with E-state index in [0.29, 0.717) is 18.1 Å². The Labute approximate surface area is 126 Å². The second-order valence-electron chi connectivity index (χ2n) is 5.95. The normalized spacial score (nSPS) is 22.8. The maximum absolute atomic E-state index is 5.98. The van der Waals surface area contributed by atoms with E-state index in [1.54, 1.807) is 0 Å². The number of rotatable bonds is 5. The van der Waals surface area contributed by atoms with Crippen molar-refractivity contribution in [3.8, 4) is 0 Å².